The van der Waals surface area contributed by atoms with Gasteiger partial charge in [-0.05, 0) is 31.9 Å². The van der Waals surface area contributed by atoms with Crippen molar-refractivity contribution < 1.29 is 23.8 Å². The summed E-state index contributed by atoms with van der Waals surface area (Å²) in [6, 6.07) is 17.5. The molecule has 2 aromatic rings. The molecule has 0 radical (unpaired) electrons. The third-order valence-electron chi connectivity index (χ3n) is 5.23. The molecule has 2 rings (SSSR count). The van der Waals surface area contributed by atoms with Gasteiger partial charge in [-0.3, -0.25) is 0 Å². The molecule has 0 amide bonds. The second kappa shape index (κ2) is 12.1. The number of ether oxygens (including phenoxy) is 3. The highest BCUT2D eigenvalue weighted by atomic mass is 28.3. The Morgan fingerprint density at radius 2 is 1.81 bits per heavy atom. The number of esters is 1. The number of oxime groups is 1. The molecule has 7 heteroatoms. The lowest BCUT2D eigenvalue weighted by molar-refractivity contribution is -0.138. The first-order valence-corrected chi connectivity index (χ1v) is 13.8. The van der Waals surface area contributed by atoms with Crippen LogP contribution in [0.3, 0.4) is 0 Å². The molecule has 0 heterocycles. The minimum absolute atomic E-state index is 0.0358. The topological polar surface area (TPSA) is 66.3 Å². The maximum Gasteiger partial charge on any atom is 0.377 e. The van der Waals surface area contributed by atoms with Crippen LogP contribution in [0.4, 0.5) is 0 Å². The Kier molecular flexibility index (Phi) is 9.53. The van der Waals surface area contributed by atoms with Crippen LogP contribution in [0.2, 0.25) is 19.1 Å². The molecule has 0 unspecified atom stereocenters. The lowest BCUT2D eigenvalue weighted by Gasteiger charge is -2.22. The molecule has 0 aliphatic rings. The second-order valence-electron chi connectivity index (χ2n) is 8.16. The maximum atomic E-state index is 11.9. The van der Waals surface area contributed by atoms with Crippen molar-refractivity contribution in [3.8, 4) is 5.75 Å². The van der Waals surface area contributed by atoms with Gasteiger partial charge in [0.1, 0.15) is 18.6 Å². The van der Waals surface area contributed by atoms with E-state index in [0.29, 0.717) is 12.4 Å². The van der Waals surface area contributed by atoms with Gasteiger partial charge in [0, 0.05) is 5.56 Å². The van der Waals surface area contributed by atoms with Crippen molar-refractivity contribution in [1.82, 2.24) is 0 Å². The number of hydrogen-bond acceptors (Lipinski definition) is 6. The molecule has 172 valence electrons. The molecule has 0 spiro atoms. The Balaban J connectivity index is 1.97. The van der Waals surface area contributed by atoms with E-state index in [1.807, 2.05) is 32.0 Å². The SMILES string of the molecule is COC=C(Oc1cc(C(C)=NOCCC[Si](C)(C)c2ccccc2)ccc1C)C(=O)OC. The number of nitrogens with zero attached hydrogens (tertiary/aromatic N) is 1. The molecule has 0 atom stereocenters. The van der Waals surface area contributed by atoms with Gasteiger partial charge in [0.05, 0.1) is 28.0 Å². The van der Waals surface area contributed by atoms with Crippen LogP contribution in [-0.2, 0) is 19.1 Å². The average molecular weight is 456 g/mol. The first kappa shape index (κ1) is 25.2. The zero-order chi connectivity index (χ0) is 23.6. The van der Waals surface area contributed by atoms with E-state index in [-0.39, 0.29) is 5.76 Å². The summed E-state index contributed by atoms with van der Waals surface area (Å²) >= 11 is 0. The summed E-state index contributed by atoms with van der Waals surface area (Å²) in [4.78, 5) is 17.5. The number of methoxy groups -OCH3 is 2. The summed E-state index contributed by atoms with van der Waals surface area (Å²) in [6.45, 7) is 9.10. The fraction of sp³-hybridized carbons (Fsp3) is 0.360. The smallest absolute Gasteiger partial charge is 0.377 e. The van der Waals surface area contributed by atoms with Crippen LogP contribution < -0.4 is 9.92 Å². The van der Waals surface area contributed by atoms with Crippen molar-refractivity contribution in [3.63, 3.8) is 0 Å². The molecule has 32 heavy (non-hydrogen) atoms. The van der Waals surface area contributed by atoms with Gasteiger partial charge in [-0.2, -0.15) is 0 Å². The molecule has 0 aromatic heterocycles. The molecule has 0 N–H and O–H groups in total. The average Bonchev–Trinajstić information content (AvgIpc) is 2.79. The van der Waals surface area contributed by atoms with Crippen LogP contribution in [0, 0.1) is 6.92 Å². The van der Waals surface area contributed by atoms with E-state index in [1.54, 1.807) is 0 Å². The summed E-state index contributed by atoms with van der Waals surface area (Å²) in [7, 11) is 1.26. The van der Waals surface area contributed by atoms with Crippen LogP contribution >= 0.6 is 0 Å². The van der Waals surface area contributed by atoms with Crippen molar-refractivity contribution in [1.29, 1.82) is 0 Å². The molecule has 0 fully saturated rings. The standard InChI is InChI=1S/C25H33NO5Si/c1-19-13-14-21(17-23(19)31-24(18-28-3)25(27)29-4)20(2)26-30-15-10-16-32(5,6)22-11-8-7-9-12-22/h7-9,11-14,17-18H,10,15-16H2,1-6H3. The van der Waals surface area contributed by atoms with Crippen molar-refractivity contribution in [3.05, 3.63) is 71.7 Å². The summed E-state index contributed by atoms with van der Waals surface area (Å²) in [5.74, 6) is -0.139. The van der Waals surface area contributed by atoms with Crippen molar-refractivity contribution >= 4 is 24.9 Å². The van der Waals surface area contributed by atoms with Crippen LogP contribution in [0.1, 0.15) is 24.5 Å². The number of rotatable bonds is 11. The highest BCUT2D eigenvalue weighted by molar-refractivity contribution is 6.89. The van der Waals surface area contributed by atoms with Crippen molar-refractivity contribution in [2.45, 2.75) is 39.4 Å². The lowest BCUT2D eigenvalue weighted by Crippen LogP contribution is -2.41. The van der Waals surface area contributed by atoms with Gasteiger partial charge in [0.15, 0.2) is 0 Å². The predicted octanol–water partition coefficient (Wildman–Crippen LogP) is 4.78. The number of hydrogen-bond donors (Lipinski definition) is 0. The molecule has 2 aromatic carbocycles. The van der Waals surface area contributed by atoms with Gasteiger partial charge in [0.2, 0.25) is 5.76 Å². The molecule has 0 saturated heterocycles. The predicted molar refractivity (Wildman–Crippen MR) is 130 cm³/mol. The molecule has 0 saturated carbocycles. The molecule has 0 aliphatic heterocycles. The van der Waals surface area contributed by atoms with Crippen LogP contribution in [-0.4, -0.2) is 40.6 Å². The Morgan fingerprint density at radius 3 is 2.47 bits per heavy atom. The highest BCUT2D eigenvalue weighted by Crippen LogP contribution is 2.23. The third-order valence-corrected chi connectivity index (χ3v) is 8.73. The van der Waals surface area contributed by atoms with Gasteiger partial charge >= 0.3 is 5.97 Å². The third kappa shape index (κ3) is 7.27. The summed E-state index contributed by atoms with van der Waals surface area (Å²) < 4.78 is 15.4. The van der Waals surface area contributed by atoms with Gasteiger partial charge in [-0.1, -0.05) is 71.9 Å². The first-order chi connectivity index (χ1) is 15.3. The first-order valence-electron chi connectivity index (χ1n) is 10.6. The Labute approximate surface area is 191 Å². The van der Waals surface area contributed by atoms with E-state index in [4.69, 9.17) is 19.0 Å². The number of carbonyl (C=O) groups is 1. The molecule has 0 aliphatic carbocycles. The van der Waals surface area contributed by atoms with Gasteiger partial charge in [-0.25, -0.2) is 4.79 Å². The van der Waals surface area contributed by atoms with Crippen LogP contribution in [0.15, 0.2) is 65.7 Å². The van der Waals surface area contributed by atoms with Crippen molar-refractivity contribution in [2.24, 2.45) is 5.16 Å². The summed E-state index contributed by atoms with van der Waals surface area (Å²) in [6.07, 6.45) is 2.17. The minimum Gasteiger partial charge on any atom is -0.500 e. The molecule has 6 nitrogen and oxygen atoms in total. The fourth-order valence-corrected chi connectivity index (χ4v) is 5.59. The van der Waals surface area contributed by atoms with E-state index in [1.165, 1.54) is 25.7 Å². The highest BCUT2D eigenvalue weighted by Gasteiger charge is 2.22. The number of aryl methyl sites for hydroxylation is 1. The van der Waals surface area contributed by atoms with Crippen molar-refractivity contribution in [2.75, 3.05) is 20.8 Å². The van der Waals surface area contributed by atoms with E-state index < -0.39 is 14.0 Å². The van der Waals surface area contributed by atoms with E-state index >= 15 is 0 Å². The van der Waals surface area contributed by atoms with E-state index in [0.717, 1.165) is 29.3 Å². The molecular weight excluding hydrogens is 422 g/mol. The summed E-state index contributed by atoms with van der Waals surface area (Å²) in [5, 5.41) is 5.73. The largest absolute Gasteiger partial charge is 0.500 e. The van der Waals surface area contributed by atoms with Crippen LogP contribution in [0.25, 0.3) is 0 Å². The van der Waals surface area contributed by atoms with Crippen LogP contribution in [0.5, 0.6) is 5.75 Å². The fourth-order valence-electron chi connectivity index (χ4n) is 3.18. The van der Waals surface area contributed by atoms with Gasteiger partial charge in [0.25, 0.3) is 0 Å². The molecular formula is C25H33NO5Si. The van der Waals surface area contributed by atoms with E-state index in [9.17, 15) is 4.79 Å². The Hall–Kier alpha value is -3.06. The zero-order valence-corrected chi connectivity index (χ0v) is 20.8. The molecule has 0 bridgehead atoms. The van der Waals surface area contributed by atoms with Gasteiger partial charge < -0.3 is 19.0 Å². The number of carbonyl (C=O) groups excluding carboxylic acids is 1. The van der Waals surface area contributed by atoms with Gasteiger partial charge in [-0.15, -0.1) is 0 Å². The summed E-state index contributed by atoms with van der Waals surface area (Å²) in [5.41, 5.74) is 2.43. The number of benzene rings is 2. The monoisotopic (exact) mass is 455 g/mol. The zero-order valence-electron chi connectivity index (χ0n) is 19.8. The Morgan fingerprint density at radius 1 is 1.09 bits per heavy atom. The Bertz CT molecular complexity index is 954. The second-order valence-corrected chi connectivity index (χ2v) is 13.0. The van der Waals surface area contributed by atoms with E-state index in [2.05, 4.69) is 48.6 Å². The normalized spacial score (nSPS) is 12.3. The maximum absolute atomic E-state index is 11.9. The lowest BCUT2D eigenvalue weighted by atomic mass is 10.1. The quantitative estimate of drug-likeness (QED) is 0.0928. The minimum atomic E-state index is -1.47.